The largest absolute Gasteiger partial charge is 0.490 e. The van der Waals surface area contributed by atoms with Gasteiger partial charge in [0, 0.05) is 5.92 Å². The standard InChI is InChI=1S/C18H33O11P3/c19-18(27-31(23,24)29-32(25,26)28-30(20,21)22)13-6-7-15-12(10-13)5-9-16-14-3-1-2-11(14)4-8-17(15)16/h11-19H,1-10H2,(H,23,24)(H,25,26)(H2,20,21,22)/t11-,12?,13?,14+,15-,16-,17+,18?/m0/s1. The number of phosphoric acid groups is 3. The van der Waals surface area contributed by atoms with Crippen LogP contribution in [0.1, 0.15) is 64.2 Å². The molecule has 4 saturated carbocycles. The fourth-order valence-corrected chi connectivity index (χ4v) is 10.4. The molecule has 32 heavy (non-hydrogen) atoms. The highest BCUT2D eigenvalue weighted by molar-refractivity contribution is 7.66. The van der Waals surface area contributed by atoms with Gasteiger partial charge in [0.1, 0.15) is 0 Å². The Kier molecular flexibility index (Phi) is 7.51. The summed E-state index contributed by atoms with van der Waals surface area (Å²) >= 11 is 0. The highest BCUT2D eigenvalue weighted by Gasteiger charge is 2.50. The fourth-order valence-electron chi connectivity index (χ4n) is 7.29. The zero-order chi connectivity index (χ0) is 23.3. The molecule has 0 aromatic carbocycles. The Balaban J connectivity index is 1.33. The van der Waals surface area contributed by atoms with Gasteiger partial charge >= 0.3 is 23.5 Å². The number of hydrogen-bond donors (Lipinski definition) is 5. The molecule has 5 unspecified atom stereocenters. The minimum atomic E-state index is -5.59. The molecule has 186 valence electrons. The van der Waals surface area contributed by atoms with E-state index < -0.39 is 35.7 Å². The third kappa shape index (κ3) is 5.95. The smallest absolute Gasteiger partial charge is 0.367 e. The summed E-state index contributed by atoms with van der Waals surface area (Å²) in [4.78, 5) is 36.2. The minimum absolute atomic E-state index is 0.395. The normalized spacial score (nSPS) is 42.1. The average molecular weight is 518 g/mol. The molecular weight excluding hydrogens is 485 g/mol. The lowest BCUT2D eigenvalue weighted by Gasteiger charge is -2.53. The molecular formula is C18H33O11P3. The summed E-state index contributed by atoms with van der Waals surface area (Å²) in [5.74, 6) is 3.81. The van der Waals surface area contributed by atoms with Crippen molar-refractivity contribution in [1.82, 2.24) is 0 Å². The van der Waals surface area contributed by atoms with E-state index in [1.807, 2.05) is 0 Å². The third-order valence-corrected chi connectivity index (χ3v) is 12.1. The van der Waals surface area contributed by atoms with Crippen LogP contribution in [0, 0.1) is 41.4 Å². The van der Waals surface area contributed by atoms with Crippen LogP contribution >= 0.6 is 23.5 Å². The molecule has 0 aromatic heterocycles. The predicted molar refractivity (Wildman–Crippen MR) is 112 cm³/mol. The van der Waals surface area contributed by atoms with Crippen LogP contribution in [0.4, 0.5) is 0 Å². The Morgan fingerprint density at radius 1 is 0.656 bits per heavy atom. The second-order valence-electron chi connectivity index (χ2n) is 9.92. The van der Waals surface area contributed by atoms with Gasteiger partial charge in [-0.05, 0) is 86.9 Å². The SMILES string of the molecule is O=P(O)(O)OP(=O)(O)OP(=O)(O)OC(O)C1CC[C@H]2C(CC[C@H]3[C@@H]4CCC[C@H]4CC[C@@H]32)C1. The van der Waals surface area contributed by atoms with Gasteiger partial charge in [-0.15, -0.1) is 0 Å². The van der Waals surface area contributed by atoms with Crippen LogP contribution in [0.15, 0.2) is 0 Å². The first-order valence-electron chi connectivity index (χ1n) is 11.3. The lowest BCUT2D eigenvalue weighted by molar-refractivity contribution is -0.112. The van der Waals surface area contributed by atoms with Gasteiger partial charge in [0.2, 0.25) is 0 Å². The molecule has 4 fully saturated rings. The summed E-state index contributed by atoms with van der Waals surface area (Å²) in [7, 11) is -16.4. The van der Waals surface area contributed by atoms with E-state index >= 15 is 0 Å². The summed E-state index contributed by atoms with van der Waals surface area (Å²) in [5.41, 5.74) is 0. The number of aliphatic hydroxyl groups excluding tert-OH is 1. The molecule has 0 aromatic rings. The first kappa shape index (κ1) is 25.5. The summed E-state index contributed by atoms with van der Waals surface area (Å²) in [6.07, 6.45) is 9.29. The average Bonchev–Trinajstić information content (AvgIpc) is 3.12. The first-order chi connectivity index (χ1) is 14.8. The van der Waals surface area contributed by atoms with Crippen molar-refractivity contribution in [2.45, 2.75) is 70.5 Å². The molecule has 10 atom stereocenters. The van der Waals surface area contributed by atoms with Crippen LogP contribution < -0.4 is 0 Å². The van der Waals surface area contributed by atoms with Crippen LogP contribution in [0.5, 0.6) is 0 Å². The topological polar surface area (TPSA) is 180 Å². The van der Waals surface area contributed by atoms with E-state index in [0.29, 0.717) is 30.6 Å². The Hall–Kier alpha value is 0.370. The third-order valence-electron chi connectivity index (χ3n) is 8.25. The maximum Gasteiger partial charge on any atom is 0.490 e. The van der Waals surface area contributed by atoms with Gasteiger partial charge in [-0.25, -0.2) is 13.7 Å². The molecule has 0 bridgehead atoms. The maximum atomic E-state index is 12.0. The van der Waals surface area contributed by atoms with E-state index in [1.54, 1.807) is 0 Å². The van der Waals surface area contributed by atoms with E-state index in [0.717, 1.165) is 30.6 Å². The van der Waals surface area contributed by atoms with Crippen molar-refractivity contribution in [3.63, 3.8) is 0 Å². The van der Waals surface area contributed by atoms with Crippen molar-refractivity contribution in [3.05, 3.63) is 0 Å². The molecule has 4 aliphatic carbocycles. The molecule has 0 aliphatic heterocycles. The molecule has 4 rings (SSSR count). The number of fused-ring (bicyclic) bond motifs is 5. The maximum absolute atomic E-state index is 12.0. The van der Waals surface area contributed by atoms with Crippen LogP contribution in [0.25, 0.3) is 0 Å². The highest BCUT2D eigenvalue weighted by atomic mass is 31.3. The van der Waals surface area contributed by atoms with Crippen molar-refractivity contribution in [2.75, 3.05) is 0 Å². The zero-order valence-electron chi connectivity index (χ0n) is 17.7. The Morgan fingerprint density at radius 3 is 1.91 bits per heavy atom. The summed E-state index contributed by atoms with van der Waals surface area (Å²) in [5, 5.41) is 10.4. The number of aliphatic hydroxyl groups is 1. The molecule has 0 spiro atoms. The van der Waals surface area contributed by atoms with E-state index in [4.69, 9.17) is 9.79 Å². The van der Waals surface area contributed by atoms with Gasteiger partial charge in [-0.3, -0.25) is 4.52 Å². The van der Waals surface area contributed by atoms with Gasteiger partial charge < -0.3 is 24.7 Å². The lowest BCUT2D eigenvalue weighted by atomic mass is 9.53. The monoisotopic (exact) mass is 518 g/mol. The van der Waals surface area contributed by atoms with Gasteiger partial charge in [0.05, 0.1) is 0 Å². The van der Waals surface area contributed by atoms with Crippen LogP contribution in [0.3, 0.4) is 0 Å². The fraction of sp³-hybridized carbons (Fsp3) is 1.00. The number of phosphoric ester groups is 1. The Morgan fingerprint density at radius 2 is 1.25 bits per heavy atom. The predicted octanol–water partition coefficient (Wildman–Crippen LogP) is 3.92. The van der Waals surface area contributed by atoms with E-state index in [-0.39, 0.29) is 0 Å². The molecule has 0 amide bonds. The van der Waals surface area contributed by atoms with Crippen molar-refractivity contribution >= 4 is 23.5 Å². The molecule has 0 radical (unpaired) electrons. The second kappa shape index (κ2) is 9.44. The van der Waals surface area contributed by atoms with Crippen molar-refractivity contribution in [2.24, 2.45) is 41.4 Å². The van der Waals surface area contributed by atoms with Gasteiger partial charge in [0.25, 0.3) is 0 Å². The number of rotatable bonds is 7. The van der Waals surface area contributed by atoms with Crippen LogP contribution in [-0.4, -0.2) is 31.0 Å². The first-order valence-corrected chi connectivity index (χ1v) is 15.9. The second-order valence-corrected chi connectivity index (χ2v) is 14.3. The molecule has 14 heteroatoms. The molecule has 11 nitrogen and oxygen atoms in total. The quantitative estimate of drug-likeness (QED) is 0.243. The van der Waals surface area contributed by atoms with Crippen molar-refractivity contribution < 1.29 is 51.5 Å². The zero-order valence-corrected chi connectivity index (χ0v) is 20.4. The van der Waals surface area contributed by atoms with E-state index in [2.05, 4.69) is 13.1 Å². The molecule has 0 saturated heterocycles. The number of hydrogen-bond acceptors (Lipinski definition) is 7. The highest BCUT2D eigenvalue weighted by Crippen LogP contribution is 2.67. The molecule has 0 heterocycles. The summed E-state index contributed by atoms with van der Waals surface area (Å²) < 4.78 is 46.3. The summed E-state index contributed by atoms with van der Waals surface area (Å²) in [6.45, 7) is 0. The lowest BCUT2D eigenvalue weighted by Crippen LogP contribution is -2.45. The van der Waals surface area contributed by atoms with Gasteiger partial charge in [-0.1, -0.05) is 12.8 Å². The van der Waals surface area contributed by atoms with Crippen LogP contribution in [0.2, 0.25) is 0 Å². The van der Waals surface area contributed by atoms with Gasteiger partial charge in [0.15, 0.2) is 6.29 Å². The Labute approximate surface area is 187 Å². The Bertz CT molecular complexity index is 831. The minimum Gasteiger partial charge on any atom is -0.367 e. The molecule has 4 aliphatic rings. The molecule has 5 N–H and O–H groups in total. The van der Waals surface area contributed by atoms with Gasteiger partial charge in [-0.2, -0.15) is 8.62 Å². The van der Waals surface area contributed by atoms with E-state index in [9.17, 15) is 28.6 Å². The van der Waals surface area contributed by atoms with Crippen molar-refractivity contribution in [3.8, 4) is 0 Å². The summed E-state index contributed by atoms with van der Waals surface area (Å²) in [6, 6.07) is 0. The van der Waals surface area contributed by atoms with E-state index in [1.165, 1.54) is 38.5 Å². The van der Waals surface area contributed by atoms with Crippen molar-refractivity contribution in [1.29, 1.82) is 0 Å². The van der Waals surface area contributed by atoms with Crippen LogP contribution in [-0.2, 0) is 26.8 Å².